The number of aryl methyl sites for hydroxylation is 1. The molecule has 0 bridgehead atoms. The van der Waals surface area contributed by atoms with Gasteiger partial charge in [0, 0.05) is 5.56 Å². The minimum absolute atomic E-state index is 0.946. The smallest absolute Gasteiger partial charge is 0.122 e. The Kier molecular flexibility index (Phi) is 3.13. The van der Waals surface area contributed by atoms with Gasteiger partial charge in [0.1, 0.15) is 5.76 Å². The molecule has 0 spiro atoms. The molecular weight excluding hydrogens is 160 g/mol. The number of benzene rings is 1. The van der Waals surface area contributed by atoms with Gasteiger partial charge < -0.3 is 4.74 Å². The van der Waals surface area contributed by atoms with Gasteiger partial charge in [-0.05, 0) is 38.0 Å². The van der Waals surface area contributed by atoms with Gasteiger partial charge >= 0.3 is 0 Å². The van der Waals surface area contributed by atoms with Crippen LogP contribution in [0.25, 0.3) is 5.76 Å². The number of methoxy groups -OCH3 is 1. The van der Waals surface area contributed by atoms with Crippen LogP contribution in [0.2, 0.25) is 0 Å². The molecule has 0 aliphatic rings. The summed E-state index contributed by atoms with van der Waals surface area (Å²) in [6, 6.07) is 6.25. The van der Waals surface area contributed by atoms with E-state index >= 15 is 0 Å². The molecule has 1 aromatic carbocycles. The van der Waals surface area contributed by atoms with Crippen LogP contribution in [-0.4, -0.2) is 7.11 Å². The molecule has 1 nitrogen and oxygen atoms in total. The molecule has 1 aromatic rings. The maximum atomic E-state index is 5.28. The van der Waals surface area contributed by atoms with Crippen LogP contribution in [-0.2, 0) is 4.74 Å². The van der Waals surface area contributed by atoms with Crippen molar-refractivity contribution in [3.63, 3.8) is 0 Å². The van der Waals surface area contributed by atoms with Crippen LogP contribution in [0.5, 0.6) is 0 Å². The first-order valence-corrected chi connectivity index (χ1v) is 4.47. The van der Waals surface area contributed by atoms with E-state index in [1.165, 1.54) is 16.7 Å². The van der Waals surface area contributed by atoms with E-state index in [1.54, 1.807) is 7.11 Å². The molecule has 1 heteroatoms. The number of allylic oxidation sites excluding steroid dienone is 1. The summed E-state index contributed by atoms with van der Waals surface area (Å²) in [6.07, 6.45) is 1.99. The predicted octanol–water partition coefficient (Wildman–Crippen LogP) is 3.31. The maximum Gasteiger partial charge on any atom is 0.122 e. The van der Waals surface area contributed by atoms with Crippen LogP contribution in [0.15, 0.2) is 24.3 Å². The first kappa shape index (κ1) is 9.85. The molecular formula is C12H16O. The third kappa shape index (κ3) is 1.92. The van der Waals surface area contributed by atoms with E-state index in [9.17, 15) is 0 Å². The molecule has 0 aliphatic heterocycles. The Hall–Kier alpha value is -1.24. The molecule has 0 heterocycles. The Morgan fingerprint density at radius 2 is 2.00 bits per heavy atom. The summed E-state index contributed by atoms with van der Waals surface area (Å²) in [5, 5.41) is 0. The molecule has 0 saturated carbocycles. The summed E-state index contributed by atoms with van der Waals surface area (Å²) in [6.45, 7) is 6.22. The molecule has 0 atom stereocenters. The van der Waals surface area contributed by atoms with Crippen molar-refractivity contribution in [2.45, 2.75) is 20.8 Å². The molecule has 13 heavy (non-hydrogen) atoms. The van der Waals surface area contributed by atoms with Gasteiger partial charge in [-0.3, -0.25) is 0 Å². The lowest BCUT2D eigenvalue weighted by molar-refractivity contribution is 0.369. The molecule has 0 radical (unpaired) electrons. The Labute approximate surface area is 80.0 Å². The number of hydrogen-bond donors (Lipinski definition) is 0. The van der Waals surface area contributed by atoms with Crippen molar-refractivity contribution in [3.8, 4) is 0 Å². The summed E-state index contributed by atoms with van der Waals surface area (Å²) in [5.41, 5.74) is 3.77. The van der Waals surface area contributed by atoms with E-state index in [-0.39, 0.29) is 0 Å². The van der Waals surface area contributed by atoms with Gasteiger partial charge in [-0.25, -0.2) is 0 Å². The van der Waals surface area contributed by atoms with Gasteiger partial charge in [0.25, 0.3) is 0 Å². The van der Waals surface area contributed by atoms with Crippen LogP contribution >= 0.6 is 0 Å². The highest BCUT2D eigenvalue weighted by Crippen LogP contribution is 2.21. The average Bonchev–Trinajstić information content (AvgIpc) is 2.14. The SMILES string of the molecule is C/C=C(\OC)c1cccc(C)c1C. The van der Waals surface area contributed by atoms with Crippen molar-refractivity contribution in [1.29, 1.82) is 0 Å². The van der Waals surface area contributed by atoms with Crippen molar-refractivity contribution < 1.29 is 4.74 Å². The first-order chi connectivity index (χ1) is 6.20. The maximum absolute atomic E-state index is 5.28. The van der Waals surface area contributed by atoms with Gasteiger partial charge in [0.05, 0.1) is 7.11 Å². The fourth-order valence-electron chi connectivity index (χ4n) is 1.40. The normalized spacial score (nSPS) is 11.5. The summed E-state index contributed by atoms with van der Waals surface area (Å²) < 4.78 is 5.28. The molecule has 0 aliphatic carbocycles. The van der Waals surface area contributed by atoms with Crippen LogP contribution < -0.4 is 0 Å². The molecule has 0 fully saturated rings. The Balaban J connectivity index is 3.22. The Bertz CT molecular complexity index is 324. The van der Waals surface area contributed by atoms with Crippen LogP contribution in [0.4, 0.5) is 0 Å². The number of hydrogen-bond acceptors (Lipinski definition) is 1. The van der Waals surface area contributed by atoms with E-state index < -0.39 is 0 Å². The van der Waals surface area contributed by atoms with E-state index in [1.807, 2.05) is 13.0 Å². The summed E-state index contributed by atoms with van der Waals surface area (Å²) in [5.74, 6) is 0.946. The third-order valence-corrected chi connectivity index (χ3v) is 2.35. The standard InChI is InChI=1S/C12H16O/c1-5-12(13-4)11-8-6-7-9(2)10(11)3/h5-8H,1-4H3/b12-5-. The minimum Gasteiger partial charge on any atom is -0.496 e. The lowest BCUT2D eigenvalue weighted by Crippen LogP contribution is -1.92. The molecule has 0 aromatic heterocycles. The average molecular weight is 176 g/mol. The second-order valence-corrected chi connectivity index (χ2v) is 3.10. The van der Waals surface area contributed by atoms with Gasteiger partial charge in [-0.2, -0.15) is 0 Å². The summed E-state index contributed by atoms with van der Waals surface area (Å²) in [4.78, 5) is 0. The van der Waals surface area contributed by atoms with E-state index in [0.717, 1.165) is 5.76 Å². The van der Waals surface area contributed by atoms with Crippen molar-refractivity contribution >= 4 is 5.76 Å². The van der Waals surface area contributed by atoms with Crippen LogP contribution in [0.3, 0.4) is 0 Å². The van der Waals surface area contributed by atoms with E-state index in [2.05, 4.69) is 32.0 Å². The zero-order valence-electron chi connectivity index (χ0n) is 8.72. The van der Waals surface area contributed by atoms with Gasteiger partial charge in [-0.1, -0.05) is 18.2 Å². The summed E-state index contributed by atoms with van der Waals surface area (Å²) >= 11 is 0. The second kappa shape index (κ2) is 4.13. The Morgan fingerprint density at radius 1 is 1.31 bits per heavy atom. The fraction of sp³-hybridized carbons (Fsp3) is 0.333. The fourth-order valence-corrected chi connectivity index (χ4v) is 1.40. The highest BCUT2D eigenvalue weighted by atomic mass is 16.5. The summed E-state index contributed by atoms with van der Waals surface area (Å²) in [7, 11) is 1.71. The van der Waals surface area contributed by atoms with Crippen molar-refractivity contribution in [3.05, 3.63) is 41.0 Å². The lowest BCUT2D eigenvalue weighted by atomic mass is 10.0. The van der Waals surface area contributed by atoms with Gasteiger partial charge in [-0.15, -0.1) is 0 Å². The first-order valence-electron chi connectivity index (χ1n) is 4.47. The zero-order chi connectivity index (χ0) is 9.84. The van der Waals surface area contributed by atoms with Crippen molar-refractivity contribution in [1.82, 2.24) is 0 Å². The molecule has 0 saturated heterocycles. The topological polar surface area (TPSA) is 9.23 Å². The monoisotopic (exact) mass is 176 g/mol. The molecule has 0 unspecified atom stereocenters. The zero-order valence-corrected chi connectivity index (χ0v) is 8.72. The minimum atomic E-state index is 0.946. The van der Waals surface area contributed by atoms with Crippen molar-refractivity contribution in [2.75, 3.05) is 7.11 Å². The highest BCUT2D eigenvalue weighted by Gasteiger charge is 2.04. The van der Waals surface area contributed by atoms with Crippen LogP contribution in [0.1, 0.15) is 23.6 Å². The number of rotatable bonds is 2. The molecule has 1 rings (SSSR count). The molecule has 0 amide bonds. The van der Waals surface area contributed by atoms with Gasteiger partial charge in [0.15, 0.2) is 0 Å². The van der Waals surface area contributed by atoms with Crippen LogP contribution in [0, 0.1) is 13.8 Å². The highest BCUT2D eigenvalue weighted by molar-refractivity contribution is 5.63. The largest absolute Gasteiger partial charge is 0.496 e. The molecule has 0 N–H and O–H groups in total. The number of ether oxygens (including phenoxy) is 1. The van der Waals surface area contributed by atoms with E-state index in [4.69, 9.17) is 4.74 Å². The quantitative estimate of drug-likeness (QED) is 0.628. The molecule has 70 valence electrons. The Morgan fingerprint density at radius 3 is 2.54 bits per heavy atom. The van der Waals surface area contributed by atoms with E-state index in [0.29, 0.717) is 0 Å². The third-order valence-electron chi connectivity index (χ3n) is 2.35. The second-order valence-electron chi connectivity index (χ2n) is 3.10. The predicted molar refractivity (Wildman–Crippen MR) is 56.6 cm³/mol. The van der Waals surface area contributed by atoms with Gasteiger partial charge in [0.2, 0.25) is 0 Å². The van der Waals surface area contributed by atoms with Crippen molar-refractivity contribution in [2.24, 2.45) is 0 Å². The lowest BCUT2D eigenvalue weighted by Gasteiger charge is -2.10.